The predicted molar refractivity (Wildman–Crippen MR) is 119 cm³/mol. The number of hydrogen-bond acceptors (Lipinski definition) is 3. The molecule has 0 saturated carbocycles. The fourth-order valence-corrected chi connectivity index (χ4v) is 3.05. The Morgan fingerprint density at radius 2 is 2.11 bits per heavy atom. The van der Waals surface area contributed by atoms with E-state index in [-0.39, 0.29) is 24.0 Å². The molecule has 0 atom stereocenters. The Morgan fingerprint density at radius 1 is 1.36 bits per heavy atom. The first kappa shape index (κ1) is 24.9. The summed E-state index contributed by atoms with van der Waals surface area (Å²) in [6.45, 7) is 5.38. The van der Waals surface area contributed by atoms with E-state index in [0.717, 1.165) is 57.1 Å². The van der Waals surface area contributed by atoms with Crippen LogP contribution in [0.3, 0.4) is 0 Å². The van der Waals surface area contributed by atoms with Crippen molar-refractivity contribution in [2.45, 2.75) is 39.2 Å². The minimum atomic E-state index is -2.48. The number of benzene rings is 1. The number of rotatable bonds is 9. The monoisotopic (exact) mass is 511 g/mol. The summed E-state index contributed by atoms with van der Waals surface area (Å²) in [6.07, 6.45) is 0.914. The van der Waals surface area contributed by atoms with Crippen LogP contribution in [0.15, 0.2) is 29.3 Å². The molecule has 0 bridgehead atoms. The Morgan fingerprint density at radius 3 is 2.79 bits per heavy atom. The zero-order valence-electron chi connectivity index (χ0n) is 16.7. The van der Waals surface area contributed by atoms with Crippen LogP contribution in [-0.4, -0.2) is 57.2 Å². The molecule has 0 aliphatic carbocycles. The molecule has 1 aromatic carbocycles. The van der Waals surface area contributed by atoms with Gasteiger partial charge in [0.1, 0.15) is 12.4 Å². The van der Waals surface area contributed by atoms with Crippen molar-refractivity contribution in [2.24, 2.45) is 10.9 Å². The van der Waals surface area contributed by atoms with Gasteiger partial charge >= 0.3 is 0 Å². The molecule has 1 fully saturated rings. The van der Waals surface area contributed by atoms with Gasteiger partial charge in [-0.1, -0.05) is 12.1 Å². The number of aliphatic imine (C=N–C) groups is 1. The van der Waals surface area contributed by atoms with Crippen LogP contribution >= 0.6 is 24.0 Å². The summed E-state index contributed by atoms with van der Waals surface area (Å²) >= 11 is 0. The first-order valence-electron chi connectivity index (χ1n) is 9.65. The third kappa shape index (κ3) is 9.36. The summed E-state index contributed by atoms with van der Waals surface area (Å²) in [4.78, 5) is 6.84. The minimum absolute atomic E-state index is 0. The Bertz CT molecular complexity index is 584. The van der Waals surface area contributed by atoms with E-state index in [9.17, 15) is 8.78 Å². The van der Waals surface area contributed by atoms with Crippen LogP contribution in [0.5, 0.6) is 5.75 Å². The maximum absolute atomic E-state index is 12.3. The average molecular weight is 511 g/mol. The molecular formula is C20H32F2IN3O2. The molecule has 0 aromatic heterocycles. The van der Waals surface area contributed by atoms with Gasteiger partial charge in [0.2, 0.25) is 0 Å². The van der Waals surface area contributed by atoms with E-state index in [1.807, 2.05) is 20.0 Å². The van der Waals surface area contributed by atoms with E-state index in [1.165, 1.54) is 0 Å². The van der Waals surface area contributed by atoms with Gasteiger partial charge in [-0.05, 0) is 49.8 Å². The summed E-state index contributed by atoms with van der Waals surface area (Å²) in [7, 11) is 2.04. The lowest BCUT2D eigenvalue weighted by atomic mass is 9.96. The molecule has 0 spiro atoms. The van der Waals surface area contributed by atoms with E-state index >= 15 is 0 Å². The number of nitrogens with one attached hydrogen (secondary N) is 1. The van der Waals surface area contributed by atoms with Crippen LogP contribution in [0.4, 0.5) is 8.78 Å². The van der Waals surface area contributed by atoms with E-state index in [0.29, 0.717) is 18.2 Å². The molecule has 2 rings (SSSR count). The zero-order chi connectivity index (χ0) is 19.5. The van der Waals surface area contributed by atoms with Crippen molar-refractivity contribution in [3.63, 3.8) is 0 Å². The highest BCUT2D eigenvalue weighted by molar-refractivity contribution is 14.0. The average Bonchev–Trinajstić information content (AvgIpc) is 2.69. The van der Waals surface area contributed by atoms with E-state index in [4.69, 9.17) is 9.47 Å². The Hall–Kier alpha value is -1.16. The van der Waals surface area contributed by atoms with Crippen LogP contribution in [-0.2, 0) is 11.3 Å². The molecule has 5 nitrogen and oxygen atoms in total. The van der Waals surface area contributed by atoms with Gasteiger partial charge in [0, 0.05) is 33.4 Å². The Balaban J connectivity index is 0.00000392. The maximum atomic E-state index is 12.3. The molecular weight excluding hydrogens is 479 g/mol. The number of guanidine groups is 1. The van der Waals surface area contributed by atoms with Crippen molar-refractivity contribution in [2.75, 3.05) is 40.0 Å². The van der Waals surface area contributed by atoms with Gasteiger partial charge in [-0.3, -0.25) is 0 Å². The molecule has 1 N–H and O–H groups in total. The van der Waals surface area contributed by atoms with Crippen LogP contribution in [0.1, 0.15) is 31.7 Å². The third-order valence-corrected chi connectivity index (χ3v) is 4.60. The Labute approximate surface area is 183 Å². The van der Waals surface area contributed by atoms with Crippen molar-refractivity contribution >= 4 is 29.9 Å². The number of hydrogen-bond donors (Lipinski definition) is 1. The Kier molecular flexibility index (Phi) is 12.4. The summed E-state index contributed by atoms with van der Waals surface area (Å²) in [6, 6.07) is 7.16. The maximum Gasteiger partial charge on any atom is 0.272 e. The molecule has 1 heterocycles. The second kappa shape index (κ2) is 13.9. The SMILES string of the molecule is CCNC(=NCc1cccc(OCC(F)F)c1)N(C)CCC1CCOCC1.I. The van der Waals surface area contributed by atoms with Crippen LogP contribution in [0.2, 0.25) is 0 Å². The molecule has 28 heavy (non-hydrogen) atoms. The standard InChI is InChI=1S/C20H31F2N3O2.HI/c1-3-23-20(25(2)10-7-16-8-11-26-12-9-16)24-14-17-5-4-6-18(13-17)27-15-19(21)22;/h4-6,13,16,19H,3,7-12,14-15H2,1-2H3,(H,23,24);1H. The molecule has 1 aliphatic rings. The van der Waals surface area contributed by atoms with Gasteiger partial charge in [-0.25, -0.2) is 13.8 Å². The summed E-state index contributed by atoms with van der Waals surface area (Å²) in [5.74, 6) is 2.01. The predicted octanol–water partition coefficient (Wildman–Crippen LogP) is 4.16. The van der Waals surface area contributed by atoms with Gasteiger partial charge in [-0.2, -0.15) is 0 Å². The number of alkyl halides is 2. The molecule has 1 aliphatic heterocycles. The van der Waals surface area contributed by atoms with Crippen LogP contribution in [0.25, 0.3) is 0 Å². The van der Waals surface area contributed by atoms with E-state index in [2.05, 4.69) is 15.2 Å². The third-order valence-electron chi connectivity index (χ3n) is 4.60. The van der Waals surface area contributed by atoms with E-state index in [1.54, 1.807) is 18.2 Å². The summed E-state index contributed by atoms with van der Waals surface area (Å²) in [5.41, 5.74) is 0.926. The lowest BCUT2D eigenvalue weighted by molar-refractivity contribution is 0.0625. The van der Waals surface area contributed by atoms with Crippen molar-refractivity contribution < 1.29 is 18.3 Å². The molecule has 0 radical (unpaired) electrons. The number of ether oxygens (including phenoxy) is 2. The van der Waals surface area contributed by atoms with Gasteiger partial charge in [0.05, 0.1) is 6.54 Å². The van der Waals surface area contributed by atoms with Crippen molar-refractivity contribution in [1.82, 2.24) is 10.2 Å². The van der Waals surface area contributed by atoms with Gasteiger partial charge in [0.25, 0.3) is 6.43 Å². The van der Waals surface area contributed by atoms with Gasteiger partial charge in [-0.15, -0.1) is 24.0 Å². The highest BCUT2D eigenvalue weighted by Gasteiger charge is 2.15. The zero-order valence-corrected chi connectivity index (χ0v) is 19.0. The molecule has 0 amide bonds. The smallest absolute Gasteiger partial charge is 0.272 e. The van der Waals surface area contributed by atoms with Crippen molar-refractivity contribution in [1.29, 1.82) is 0 Å². The topological polar surface area (TPSA) is 46.1 Å². The van der Waals surface area contributed by atoms with Crippen molar-refractivity contribution in [3.05, 3.63) is 29.8 Å². The second-order valence-electron chi connectivity index (χ2n) is 6.79. The van der Waals surface area contributed by atoms with Crippen LogP contribution < -0.4 is 10.1 Å². The first-order valence-corrected chi connectivity index (χ1v) is 9.65. The molecule has 1 aromatic rings. The summed E-state index contributed by atoms with van der Waals surface area (Å²) in [5, 5.41) is 3.32. The number of halogens is 3. The van der Waals surface area contributed by atoms with Crippen LogP contribution in [0, 0.1) is 5.92 Å². The second-order valence-corrected chi connectivity index (χ2v) is 6.79. The van der Waals surface area contributed by atoms with Crippen molar-refractivity contribution in [3.8, 4) is 5.75 Å². The number of nitrogens with zero attached hydrogens (tertiary/aromatic N) is 2. The lowest BCUT2D eigenvalue weighted by Crippen LogP contribution is -2.40. The molecule has 160 valence electrons. The lowest BCUT2D eigenvalue weighted by Gasteiger charge is -2.26. The summed E-state index contributed by atoms with van der Waals surface area (Å²) < 4.78 is 35.1. The van der Waals surface area contributed by atoms with Gasteiger partial charge in [0.15, 0.2) is 5.96 Å². The van der Waals surface area contributed by atoms with E-state index < -0.39 is 13.0 Å². The highest BCUT2D eigenvalue weighted by Crippen LogP contribution is 2.19. The first-order chi connectivity index (χ1) is 13.1. The molecule has 0 unspecified atom stereocenters. The highest BCUT2D eigenvalue weighted by atomic mass is 127. The fraction of sp³-hybridized carbons (Fsp3) is 0.650. The quantitative estimate of drug-likeness (QED) is 0.307. The molecule has 8 heteroatoms. The van der Waals surface area contributed by atoms with Gasteiger partial charge < -0.3 is 19.7 Å². The minimum Gasteiger partial charge on any atom is -0.488 e. The normalized spacial score (nSPS) is 15.2. The molecule has 1 saturated heterocycles. The fourth-order valence-electron chi connectivity index (χ4n) is 3.05. The largest absolute Gasteiger partial charge is 0.488 e.